The van der Waals surface area contributed by atoms with Crippen molar-refractivity contribution in [2.45, 2.75) is 6.92 Å². The molecule has 1 aromatic heterocycles. The molecule has 0 unspecified atom stereocenters. The average molecular weight is 254 g/mol. The second-order valence-electron chi connectivity index (χ2n) is 4.93. The summed E-state index contributed by atoms with van der Waals surface area (Å²) >= 11 is 0. The van der Waals surface area contributed by atoms with Gasteiger partial charge in [-0.05, 0) is 6.92 Å². The summed E-state index contributed by atoms with van der Waals surface area (Å²) in [6.45, 7) is 9.84. The summed E-state index contributed by atoms with van der Waals surface area (Å²) < 4.78 is 0. The fourth-order valence-electron chi connectivity index (χ4n) is 2.16. The van der Waals surface area contributed by atoms with Crippen LogP contribution < -0.4 is 15.5 Å². The van der Waals surface area contributed by atoms with Crippen LogP contribution in [0.3, 0.4) is 0 Å². The standard InChI is InChI=1S/C12H21N3OP/c1-10-12(17(2,3)16)8-11(9-14-10)15-6-4-13-5-7-15/h8-9,13,16H,4-7H2,1-3H3/q+1. The van der Waals surface area contributed by atoms with Crippen molar-refractivity contribution in [1.29, 1.82) is 0 Å². The van der Waals surface area contributed by atoms with Crippen molar-refractivity contribution in [2.24, 2.45) is 0 Å². The topological polar surface area (TPSA) is 48.4 Å². The zero-order valence-corrected chi connectivity index (χ0v) is 11.7. The molecule has 5 heteroatoms. The number of rotatable bonds is 2. The van der Waals surface area contributed by atoms with E-state index >= 15 is 0 Å². The summed E-state index contributed by atoms with van der Waals surface area (Å²) in [5, 5.41) is 4.36. The van der Waals surface area contributed by atoms with Crippen molar-refractivity contribution >= 4 is 18.5 Å². The molecule has 1 fully saturated rings. The lowest BCUT2D eigenvalue weighted by atomic mass is 10.3. The van der Waals surface area contributed by atoms with Gasteiger partial charge in [0.05, 0.1) is 30.9 Å². The van der Waals surface area contributed by atoms with E-state index in [1.807, 2.05) is 26.5 Å². The minimum Gasteiger partial charge on any atom is -0.368 e. The van der Waals surface area contributed by atoms with Gasteiger partial charge in [-0.25, -0.2) is 4.89 Å². The van der Waals surface area contributed by atoms with Crippen LogP contribution in [0.25, 0.3) is 0 Å². The smallest absolute Gasteiger partial charge is 0.170 e. The second kappa shape index (κ2) is 4.89. The van der Waals surface area contributed by atoms with E-state index in [0.717, 1.165) is 42.9 Å². The van der Waals surface area contributed by atoms with Crippen LogP contribution in [0.5, 0.6) is 0 Å². The molecule has 0 amide bonds. The average Bonchev–Trinajstić information content (AvgIpc) is 2.29. The molecule has 4 nitrogen and oxygen atoms in total. The summed E-state index contributed by atoms with van der Waals surface area (Å²) in [4.78, 5) is 17.0. The van der Waals surface area contributed by atoms with Crippen LogP contribution in [0, 0.1) is 6.92 Å². The fraction of sp³-hybridized carbons (Fsp3) is 0.583. The highest BCUT2D eigenvalue weighted by molar-refractivity contribution is 7.76. The molecule has 17 heavy (non-hydrogen) atoms. The number of hydrogen-bond acceptors (Lipinski definition) is 4. The Morgan fingerprint density at radius 2 is 2.00 bits per heavy atom. The third kappa shape index (κ3) is 2.95. The number of pyridine rings is 1. The molecule has 1 aliphatic rings. The van der Waals surface area contributed by atoms with Crippen molar-refractivity contribution in [3.63, 3.8) is 0 Å². The first-order valence-electron chi connectivity index (χ1n) is 5.98. The molecule has 1 aliphatic heterocycles. The summed E-state index contributed by atoms with van der Waals surface area (Å²) in [7, 11) is -1.99. The predicted octanol–water partition coefficient (Wildman–Crippen LogP) is 0.609. The third-order valence-corrected chi connectivity index (χ3v) is 4.75. The maximum atomic E-state index is 10.2. The van der Waals surface area contributed by atoms with Crippen LogP contribution in [-0.4, -0.2) is 49.4 Å². The zero-order chi connectivity index (χ0) is 12.5. The Kier molecular flexibility index (Phi) is 3.67. The first-order chi connectivity index (χ1) is 7.98. The molecule has 0 aromatic carbocycles. The van der Waals surface area contributed by atoms with Gasteiger partial charge in [0.2, 0.25) is 0 Å². The quantitative estimate of drug-likeness (QED) is 0.759. The Balaban J connectivity index is 2.30. The van der Waals surface area contributed by atoms with E-state index in [2.05, 4.69) is 21.3 Å². The molecule has 0 radical (unpaired) electrons. The first-order valence-corrected chi connectivity index (χ1v) is 8.62. The number of anilines is 1. The summed E-state index contributed by atoms with van der Waals surface area (Å²) in [6, 6.07) is 2.11. The third-order valence-electron chi connectivity index (χ3n) is 3.12. The van der Waals surface area contributed by atoms with Gasteiger partial charge in [-0.1, -0.05) is 0 Å². The van der Waals surface area contributed by atoms with E-state index in [1.54, 1.807) is 0 Å². The highest BCUT2D eigenvalue weighted by atomic mass is 31.2. The van der Waals surface area contributed by atoms with Gasteiger partial charge >= 0.3 is 0 Å². The van der Waals surface area contributed by atoms with Gasteiger partial charge in [0.1, 0.15) is 5.30 Å². The van der Waals surface area contributed by atoms with Gasteiger partial charge in [0.15, 0.2) is 7.49 Å². The van der Waals surface area contributed by atoms with Gasteiger partial charge in [-0.3, -0.25) is 4.98 Å². The number of nitrogens with one attached hydrogen (secondary N) is 1. The first kappa shape index (κ1) is 12.7. The molecule has 0 aliphatic carbocycles. The van der Waals surface area contributed by atoms with E-state index < -0.39 is 7.49 Å². The number of aromatic nitrogens is 1. The predicted molar refractivity (Wildman–Crippen MR) is 74.7 cm³/mol. The highest BCUT2D eigenvalue weighted by Gasteiger charge is 2.29. The Morgan fingerprint density at radius 1 is 1.35 bits per heavy atom. The van der Waals surface area contributed by atoms with Gasteiger partial charge < -0.3 is 10.2 Å². The Morgan fingerprint density at radius 3 is 2.59 bits per heavy atom. The largest absolute Gasteiger partial charge is 0.368 e. The molecule has 0 spiro atoms. The van der Waals surface area contributed by atoms with E-state index in [-0.39, 0.29) is 0 Å². The zero-order valence-electron chi connectivity index (χ0n) is 10.8. The lowest BCUT2D eigenvalue weighted by molar-refractivity contribution is 0.588. The van der Waals surface area contributed by atoms with Crippen molar-refractivity contribution in [2.75, 3.05) is 44.4 Å². The molecular weight excluding hydrogens is 233 g/mol. The molecule has 0 atom stereocenters. The van der Waals surface area contributed by atoms with Crippen LogP contribution in [-0.2, 0) is 0 Å². The van der Waals surface area contributed by atoms with E-state index in [4.69, 9.17) is 0 Å². The van der Waals surface area contributed by atoms with Crippen molar-refractivity contribution in [3.05, 3.63) is 18.0 Å². The summed E-state index contributed by atoms with van der Waals surface area (Å²) in [6.07, 6.45) is 1.92. The van der Waals surface area contributed by atoms with Crippen LogP contribution in [0.15, 0.2) is 12.3 Å². The lowest BCUT2D eigenvalue weighted by Crippen LogP contribution is -2.43. The van der Waals surface area contributed by atoms with E-state index in [9.17, 15) is 4.89 Å². The van der Waals surface area contributed by atoms with Crippen molar-refractivity contribution in [1.82, 2.24) is 10.3 Å². The molecule has 1 aromatic rings. The van der Waals surface area contributed by atoms with Crippen LogP contribution >= 0.6 is 7.49 Å². The minimum absolute atomic E-state index is 0.949. The monoisotopic (exact) mass is 254 g/mol. The summed E-state index contributed by atoms with van der Waals surface area (Å²) in [5.41, 5.74) is 2.08. The van der Waals surface area contributed by atoms with Crippen molar-refractivity contribution < 1.29 is 4.89 Å². The van der Waals surface area contributed by atoms with Gasteiger partial charge in [0.25, 0.3) is 0 Å². The van der Waals surface area contributed by atoms with Crippen molar-refractivity contribution in [3.8, 4) is 0 Å². The maximum Gasteiger partial charge on any atom is 0.170 e. The lowest BCUT2D eigenvalue weighted by Gasteiger charge is -2.29. The minimum atomic E-state index is -1.99. The normalized spacial score (nSPS) is 17.3. The Bertz CT molecular complexity index is 397. The van der Waals surface area contributed by atoms with E-state index in [1.165, 1.54) is 0 Å². The molecule has 94 valence electrons. The molecule has 2 heterocycles. The molecule has 2 N–H and O–H groups in total. The number of nitrogens with zero attached hydrogens (tertiary/aromatic N) is 2. The SMILES string of the molecule is Cc1ncc(N2CCNCC2)cc1[P+](C)(C)O. The molecule has 1 saturated heterocycles. The fourth-order valence-corrected chi connectivity index (χ4v) is 3.46. The van der Waals surface area contributed by atoms with Crippen LogP contribution in [0.1, 0.15) is 5.69 Å². The maximum absolute atomic E-state index is 10.2. The number of aryl methyl sites for hydroxylation is 1. The van der Waals surface area contributed by atoms with Gasteiger partial charge in [-0.15, -0.1) is 0 Å². The molecule has 2 rings (SSSR count). The summed E-state index contributed by atoms with van der Waals surface area (Å²) in [5.74, 6) is 0. The Hall–Kier alpha value is -0.700. The van der Waals surface area contributed by atoms with Crippen LogP contribution in [0.4, 0.5) is 5.69 Å². The van der Waals surface area contributed by atoms with Crippen LogP contribution in [0.2, 0.25) is 0 Å². The van der Waals surface area contributed by atoms with E-state index in [0.29, 0.717) is 0 Å². The molecule has 0 saturated carbocycles. The second-order valence-corrected chi connectivity index (χ2v) is 8.20. The number of hydrogen-bond donors (Lipinski definition) is 2. The Labute approximate surface area is 103 Å². The molecular formula is C12H21N3OP+. The molecule has 0 bridgehead atoms. The van der Waals surface area contributed by atoms with Gasteiger partial charge in [-0.2, -0.15) is 0 Å². The highest BCUT2D eigenvalue weighted by Crippen LogP contribution is 2.45. The van der Waals surface area contributed by atoms with Gasteiger partial charge in [0, 0.05) is 32.2 Å². The number of piperazine rings is 1.